The molecular weight excluding hydrogens is 416 g/mol. The van der Waals surface area contributed by atoms with Gasteiger partial charge in [0.1, 0.15) is 0 Å². The van der Waals surface area contributed by atoms with E-state index in [0.717, 1.165) is 62.9 Å². The lowest BCUT2D eigenvalue weighted by atomic mass is 10.0. The topological polar surface area (TPSA) is 123 Å². The summed E-state index contributed by atoms with van der Waals surface area (Å²) in [7, 11) is 0. The van der Waals surface area contributed by atoms with Crippen LogP contribution in [0, 0.1) is 0 Å². The third-order valence-electron chi connectivity index (χ3n) is 5.95. The number of hydrogen-bond donors (Lipinski definition) is 3. The largest absolute Gasteiger partial charge is 0.355 e. The van der Waals surface area contributed by atoms with Gasteiger partial charge in [0, 0.05) is 37.6 Å². The molecule has 0 unspecified atom stereocenters. The van der Waals surface area contributed by atoms with Crippen LogP contribution in [0.2, 0.25) is 0 Å². The molecule has 0 radical (unpaired) electrons. The molecule has 3 heterocycles. The number of fused-ring (bicyclic) bond motifs is 2. The number of carbonyl (C=O) groups is 2. The van der Waals surface area contributed by atoms with E-state index in [1.54, 1.807) is 12.4 Å². The molecule has 2 aromatic rings. The summed E-state index contributed by atoms with van der Waals surface area (Å²) < 4.78 is 0. The van der Waals surface area contributed by atoms with Crippen LogP contribution in [0.4, 0.5) is 5.95 Å². The summed E-state index contributed by atoms with van der Waals surface area (Å²) in [5.41, 5.74) is 8.33. The molecule has 1 aliphatic rings. The number of amides is 1. The highest BCUT2D eigenvalue weighted by atomic mass is 16.2. The fourth-order valence-electron chi connectivity index (χ4n) is 3.96. The zero-order valence-electron chi connectivity index (χ0n) is 19.4. The molecular formula is C25H36N6O2. The first kappa shape index (κ1) is 24.8. The number of ketones is 1. The number of aryl methyl sites for hydroxylation is 2. The van der Waals surface area contributed by atoms with Crippen LogP contribution in [0.1, 0.15) is 79.5 Å². The maximum Gasteiger partial charge on any atom is 0.236 e. The van der Waals surface area contributed by atoms with Gasteiger partial charge >= 0.3 is 0 Å². The number of nitrogens with zero attached hydrogens (tertiary/aromatic N) is 3. The Kier molecular flexibility index (Phi) is 10.2. The zero-order chi connectivity index (χ0) is 23.3. The van der Waals surface area contributed by atoms with Gasteiger partial charge in [0.15, 0.2) is 5.78 Å². The quantitative estimate of drug-likeness (QED) is 0.609. The average molecular weight is 453 g/mol. The van der Waals surface area contributed by atoms with Crippen LogP contribution in [-0.4, -0.2) is 45.8 Å². The van der Waals surface area contributed by atoms with Crippen molar-refractivity contribution in [1.29, 1.82) is 0 Å². The smallest absolute Gasteiger partial charge is 0.236 e. The molecule has 33 heavy (non-hydrogen) atoms. The van der Waals surface area contributed by atoms with E-state index in [1.807, 2.05) is 18.2 Å². The first-order valence-electron chi connectivity index (χ1n) is 12.2. The number of hydrogen-bond acceptors (Lipinski definition) is 7. The van der Waals surface area contributed by atoms with Crippen LogP contribution in [-0.2, 0) is 17.6 Å². The van der Waals surface area contributed by atoms with Crippen LogP contribution in [0.5, 0.6) is 0 Å². The van der Waals surface area contributed by atoms with Gasteiger partial charge in [-0.2, -0.15) is 0 Å². The Morgan fingerprint density at radius 2 is 1.79 bits per heavy atom. The molecule has 0 saturated heterocycles. The molecule has 8 nitrogen and oxygen atoms in total. The van der Waals surface area contributed by atoms with E-state index in [-0.39, 0.29) is 11.7 Å². The number of Topliss-reactive ketones (excluding diaryl/α,β-unsaturated/α-hetero) is 1. The Balaban J connectivity index is 1.65. The molecule has 0 spiro atoms. The standard InChI is InChI=1S/C25H36N6O2/c26-21-11-4-3-5-12-22-20(23(32)14-13-19-10-6-9-15-27-19)18-30-25(31-22)29-17-8-2-1-7-16-28-24(21)33/h6,9-10,15,18,21H,1-5,7-8,11-14,16-17,26H2,(H,28,33)(H,29,30,31)/t21-/m0/s1. The lowest BCUT2D eigenvalue weighted by molar-refractivity contribution is -0.122. The van der Waals surface area contributed by atoms with E-state index in [4.69, 9.17) is 10.7 Å². The van der Waals surface area contributed by atoms with Crippen molar-refractivity contribution < 1.29 is 9.59 Å². The van der Waals surface area contributed by atoms with Gasteiger partial charge in [-0.3, -0.25) is 14.6 Å². The minimum absolute atomic E-state index is 0.0445. The number of anilines is 1. The summed E-state index contributed by atoms with van der Waals surface area (Å²) in [6, 6.07) is 5.28. The fraction of sp³-hybridized carbons (Fsp3) is 0.560. The van der Waals surface area contributed by atoms with E-state index in [1.165, 1.54) is 0 Å². The monoisotopic (exact) mass is 452 g/mol. The van der Waals surface area contributed by atoms with Gasteiger partial charge in [0.2, 0.25) is 11.9 Å². The van der Waals surface area contributed by atoms with Gasteiger partial charge in [0.25, 0.3) is 0 Å². The first-order chi connectivity index (χ1) is 16.1. The third kappa shape index (κ3) is 8.53. The Morgan fingerprint density at radius 3 is 2.58 bits per heavy atom. The van der Waals surface area contributed by atoms with E-state index >= 15 is 0 Å². The molecule has 4 N–H and O–H groups in total. The van der Waals surface area contributed by atoms with Gasteiger partial charge in [-0.05, 0) is 50.7 Å². The molecule has 0 saturated carbocycles. The number of rotatable bonds is 4. The second-order valence-electron chi connectivity index (χ2n) is 8.64. The fourth-order valence-corrected chi connectivity index (χ4v) is 3.96. The number of pyridine rings is 1. The van der Waals surface area contributed by atoms with Crippen LogP contribution in [0.3, 0.4) is 0 Å². The molecule has 2 aromatic heterocycles. The SMILES string of the molecule is N[C@H]1CCCCCc2nc(ncc2C(=O)CCc2ccccn2)NCCCCCCNC1=O. The zero-order valence-corrected chi connectivity index (χ0v) is 19.4. The lowest BCUT2D eigenvalue weighted by Crippen LogP contribution is -2.40. The minimum Gasteiger partial charge on any atom is -0.355 e. The normalized spacial score (nSPS) is 18.9. The van der Waals surface area contributed by atoms with Crippen molar-refractivity contribution in [2.45, 2.75) is 76.7 Å². The molecule has 1 amide bonds. The summed E-state index contributed by atoms with van der Waals surface area (Å²) in [6.45, 7) is 1.46. The van der Waals surface area contributed by atoms with Gasteiger partial charge < -0.3 is 16.4 Å². The van der Waals surface area contributed by atoms with Crippen molar-refractivity contribution in [3.63, 3.8) is 0 Å². The summed E-state index contributed by atoms with van der Waals surface area (Å²) in [5, 5.41) is 6.24. The van der Waals surface area contributed by atoms with E-state index in [0.29, 0.717) is 43.7 Å². The Labute approximate surface area is 196 Å². The molecule has 178 valence electrons. The molecule has 0 fully saturated rings. The molecule has 8 heteroatoms. The van der Waals surface area contributed by atoms with Crippen molar-refractivity contribution in [3.8, 4) is 0 Å². The van der Waals surface area contributed by atoms with Crippen LogP contribution in [0.25, 0.3) is 0 Å². The predicted octanol–water partition coefficient (Wildman–Crippen LogP) is 3.22. The highest BCUT2D eigenvalue weighted by molar-refractivity contribution is 5.97. The van der Waals surface area contributed by atoms with E-state index < -0.39 is 6.04 Å². The van der Waals surface area contributed by atoms with Crippen molar-refractivity contribution in [3.05, 3.63) is 47.5 Å². The number of aromatic nitrogens is 3. The van der Waals surface area contributed by atoms with Crippen molar-refractivity contribution >= 4 is 17.6 Å². The second-order valence-corrected chi connectivity index (χ2v) is 8.64. The summed E-state index contributed by atoms with van der Waals surface area (Å²) in [4.78, 5) is 38.5. The van der Waals surface area contributed by atoms with Crippen molar-refractivity contribution in [1.82, 2.24) is 20.3 Å². The van der Waals surface area contributed by atoms with Gasteiger partial charge in [-0.1, -0.05) is 31.7 Å². The third-order valence-corrected chi connectivity index (χ3v) is 5.95. The predicted molar refractivity (Wildman–Crippen MR) is 129 cm³/mol. The first-order valence-corrected chi connectivity index (χ1v) is 12.2. The molecule has 1 atom stereocenters. The summed E-state index contributed by atoms with van der Waals surface area (Å²) >= 11 is 0. The van der Waals surface area contributed by atoms with Crippen LogP contribution >= 0.6 is 0 Å². The van der Waals surface area contributed by atoms with Gasteiger partial charge in [-0.15, -0.1) is 0 Å². The second kappa shape index (κ2) is 13.6. The number of carbonyl (C=O) groups excluding carboxylic acids is 2. The van der Waals surface area contributed by atoms with Crippen LogP contribution in [0.15, 0.2) is 30.6 Å². The van der Waals surface area contributed by atoms with Crippen molar-refractivity contribution in [2.75, 3.05) is 18.4 Å². The highest BCUT2D eigenvalue weighted by Crippen LogP contribution is 2.16. The Hall–Kier alpha value is -2.87. The molecule has 0 aromatic carbocycles. The maximum absolute atomic E-state index is 13.0. The number of nitrogens with two attached hydrogens (primary N) is 1. The van der Waals surface area contributed by atoms with Crippen LogP contribution < -0.4 is 16.4 Å². The summed E-state index contributed by atoms with van der Waals surface area (Å²) in [6.07, 6.45) is 12.5. The van der Waals surface area contributed by atoms with Crippen molar-refractivity contribution in [2.24, 2.45) is 5.73 Å². The Bertz CT molecular complexity index is 890. The maximum atomic E-state index is 13.0. The van der Waals surface area contributed by atoms with Gasteiger partial charge in [0.05, 0.1) is 17.3 Å². The lowest BCUT2D eigenvalue weighted by Gasteiger charge is -2.14. The average Bonchev–Trinajstić information content (AvgIpc) is 2.84. The minimum atomic E-state index is -0.456. The van der Waals surface area contributed by atoms with Gasteiger partial charge in [-0.25, -0.2) is 9.97 Å². The molecule has 1 aliphatic heterocycles. The highest BCUT2D eigenvalue weighted by Gasteiger charge is 2.16. The molecule has 3 rings (SSSR count). The van der Waals surface area contributed by atoms with E-state index in [9.17, 15) is 9.59 Å². The summed E-state index contributed by atoms with van der Waals surface area (Å²) in [5.74, 6) is 0.573. The molecule has 0 aliphatic carbocycles. The number of nitrogens with one attached hydrogen (secondary N) is 2. The molecule has 2 bridgehead atoms. The Morgan fingerprint density at radius 1 is 1.00 bits per heavy atom. The van der Waals surface area contributed by atoms with E-state index in [2.05, 4.69) is 20.6 Å².